The largest absolute Gasteiger partial charge is 0.481 e. The Bertz CT molecular complexity index is 866. The van der Waals surface area contributed by atoms with Crippen LogP contribution in [0.1, 0.15) is 36.3 Å². The summed E-state index contributed by atoms with van der Waals surface area (Å²) in [6, 6.07) is 19.1. The van der Waals surface area contributed by atoms with E-state index in [0.717, 1.165) is 17.7 Å². The Labute approximate surface area is 163 Å². The van der Waals surface area contributed by atoms with Gasteiger partial charge in [0.05, 0.1) is 5.69 Å². The summed E-state index contributed by atoms with van der Waals surface area (Å²) in [5.41, 5.74) is 1.69. The van der Waals surface area contributed by atoms with Crippen molar-refractivity contribution in [2.24, 2.45) is 0 Å². The van der Waals surface area contributed by atoms with Crippen molar-refractivity contribution in [3.05, 3.63) is 66.5 Å². The van der Waals surface area contributed by atoms with Crippen LogP contribution >= 0.6 is 0 Å². The molecule has 0 bridgehead atoms. The molecule has 3 rings (SSSR count). The number of carbonyl (C=O) groups excluding carboxylic acids is 1. The van der Waals surface area contributed by atoms with Crippen molar-refractivity contribution in [2.45, 2.75) is 25.7 Å². The van der Waals surface area contributed by atoms with Crippen LogP contribution in [0.3, 0.4) is 0 Å². The predicted octanol–water partition coefficient (Wildman–Crippen LogP) is 3.31. The van der Waals surface area contributed by atoms with Crippen LogP contribution in [0.25, 0.3) is 17.1 Å². The molecule has 1 heterocycles. The standard InChI is InChI=1S/C21H22N4O3/c26-18(27)14-8-3-9-15-22-21(28)19-23-20(16-10-4-1-5-11-16)25(24-19)17-12-6-2-7-13-17/h1-2,4-7,10-13H,3,8-9,14-15H2,(H,22,28)(H,26,27). The zero-order valence-corrected chi connectivity index (χ0v) is 15.4. The minimum atomic E-state index is -0.798. The van der Waals surface area contributed by atoms with Gasteiger partial charge in [-0.25, -0.2) is 9.67 Å². The predicted molar refractivity (Wildman–Crippen MR) is 105 cm³/mol. The molecule has 0 saturated heterocycles. The second-order valence-electron chi connectivity index (χ2n) is 6.33. The minimum Gasteiger partial charge on any atom is -0.481 e. The number of hydrogen-bond acceptors (Lipinski definition) is 4. The molecule has 0 radical (unpaired) electrons. The highest BCUT2D eigenvalue weighted by molar-refractivity contribution is 5.91. The molecule has 2 aromatic carbocycles. The summed E-state index contributed by atoms with van der Waals surface area (Å²) in [5, 5.41) is 15.9. The molecule has 0 aliphatic rings. The Hall–Kier alpha value is -3.48. The van der Waals surface area contributed by atoms with Gasteiger partial charge in [-0.05, 0) is 25.0 Å². The van der Waals surface area contributed by atoms with Crippen LogP contribution in [0.4, 0.5) is 0 Å². The summed E-state index contributed by atoms with van der Waals surface area (Å²) in [5.74, 6) is -0.440. The van der Waals surface area contributed by atoms with E-state index in [1.165, 1.54) is 0 Å². The zero-order valence-electron chi connectivity index (χ0n) is 15.4. The molecule has 3 aromatic rings. The van der Waals surface area contributed by atoms with E-state index in [1.807, 2.05) is 60.7 Å². The van der Waals surface area contributed by atoms with E-state index < -0.39 is 5.97 Å². The SMILES string of the molecule is O=C(O)CCCCCNC(=O)c1nc(-c2ccccc2)n(-c2ccccc2)n1. The molecular formula is C21H22N4O3. The summed E-state index contributed by atoms with van der Waals surface area (Å²) >= 11 is 0. The molecule has 0 fully saturated rings. The van der Waals surface area contributed by atoms with Gasteiger partial charge in [0, 0.05) is 18.5 Å². The Morgan fingerprint density at radius 2 is 1.61 bits per heavy atom. The molecule has 0 atom stereocenters. The Morgan fingerprint density at radius 1 is 0.929 bits per heavy atom. The van der Waals surface area contributed by atoms with Crippen molar-refractivity contribution in [3.8, 4) is 17.1 Å². The summed E-state index contributed by atoms with van der Waals surface area (Å²) < 4.78 is 1.66. The lowest BCUT2D eigenvalue weighted by Crippen LogP contribution is -2.25. The maximum absolute atomic E-state index is 12.5. The first-order valence-electron chi connectivity index (χ1n) is 9.23. The summed E-state index contributed by atoms with van der Waals surface area (Å²) in [7, 11) is 0. The van der Waals surface area contributed by atoms with Gasteiger partial charge in [-0.2, -0.15) is 0 Å². The zero-order chi connectivity index (χ0) is 19.8. The fourth-order valence-electron chi connectivity index (χ4n) is 2.79. The first-order chi connectivity index (χ1) is 13.6. The Kier molecular flexibility index (Phi) is 6.51. The normalized spacial score (nSPS) is 10.6. The smallest absolute Gasteiger partial charge is 0.303 e. The van der Waals surface area contributed by atoms with Crippen molar-refractivity contribution in [3.63, 3.8) is 0 Å². The van der Waals surface area contributed by atoms with E-state index in [2.05, 4.69) is 15.4 Å². The lowest BCUT2D eigenvalue weighted by Gasteiger charge is -2.05. The molecule has 7 heteroatoms. The third-order valence-corrected chi connectivity index (χ3v) is 4.20. The number of nitrogens with zero attached hydrogens (tertiary/aromatic N) is 3. The van der Waals surface area contributed by atoms with Gasteiger partial charge in [-0.1, -0.05) is 55.0 Å². The van der Waals surface area contributed by atoms with Gasteiger partial charge >= 0.3 is 5.97 Å². The summed E-state index contributed by atoms with van der Waals surface area (Å²) in [6.07, 6.45) is 2.21. The van der Waals surface area contributed by atoms with E-state index in [9.17, 15) is 9.59 Å². The van der Waals surface area contributed by atoms with Gasteiger partial charge in [0.15, 0.2) is 5.82 Å². The molecule has 144 valence electrons. The molecule has 7 nitrogen and oxygen atoms in total. The number of rotatable bonds is 9. The molecule has 0 saturated carbocycles. The molecule has 2 N–H and O–H groups in total. The molecule has 0 spiro atoms. The number of aliphatic carboxylic acids is 1. The number of para-hydroxylation sites is 1. The third kappa shape index (κ3) is 5.03. The molecule has 0 unspecified atom stereocenters. The van der Waals surface area contributed by atoms with Crippen molar-refractivity contribution < 1.29 is 14.7 Å². The molecule has 0 aliphatic carbocycles. The number of carbonyl (C=O) groups is 2. The fraction of sp³-hybridized carbons (Fsp3) is 0.238. The molecule has 28 heavy (non-hydrogen) atoms. The maximum Gasteiger partial charge on any atom is 0.303 e. The van der Waals surface area contributed by atoms with E-state index in [0.29, 0.717) is 25.2 Å². The van der Waals surface area contributed by atoms with Crippen molar-refractivity contribution >= 4 is 11.9 Å². The molecular weight excluding hydrogens is 356 g/mol. The summed E-state index contributed by atoms with van der Waals surface area (Å²) in [4.78, 5) is 27.4. The molecule has 0 aliphatic heterocycles. The Balaban J connectivity index is 1.72. The van der Waals surface area contributed by atoms with Gasteiger partial charge in [-0.3, -0.25) is 9.59 Å². The number of unbranched alkanes of at least 4 members (excludes halogenated alkanes) is 2. The number of carboxylic acid groups (broad SMARTS) is 1. The van der Waals surface area contributed by atoms with Crippen LogP contribution in [0.5, 0.6) is 0 Å². The lowest BCUT2D eigenvalue weighted by molar-refractivity contribution is -0.137. The summed E-state index contributed by atoms with van der Waals surface area (Å²) in [6.45, 7) is 0.457. The third-order valence-electron chi connectivity index (χ3n) is 4.20. The highest BCUT2D eigenvalue weighted by Gasteiger charge is 2.18. The Morgan fingerprint density at radius 3 is 2.29 bits per heavy atom. The number of nitrogens with one attached hydrogen (secondary N) is 1. The van der Waals surface area contributed by atoms with Crippen LogP contribution < -0.4 is 5.32 Å². The lowest BCUT2D eigenvalue weighted by atomic mass is 10.2. The second-order valence-corrected chi connectivity index (χ2v) is 6.33. The van der Waals surface area contributed by atoms with Crippen LogP contribution in [0.15, 0.2) is 60.7 Å². The first-order valence-corrected chi connectivity index (χ1v) is 9.23. The maximum atomic E-state index is 12.5. The van der Waals surface area contributed by atoms with Crippen molar-refractivity contribution in [2.75, 3.05) is 6.54 Å². The van der Waals surface area contributed by atoms with Gasteiger partial charge in [0.2, 0.25) is 5.82 Å². The van der Waals surface area contributed by atoms with Crippen LogP contribution in [0.2, 0.25) is 0 Å². The first kappa shape index (κ1) is 19.3. The van der Waals surface area contributed by atoms with E-state index >= 15 is 0 Å². The quantitative estimate of drug-likeness (QED) is 0.557. The highest BCUT2D eigenvalue weighted by atomic mass is 16.4. The van der Waals surface area contributed by atoms with Crippen molar-refractivity contribution in [1.29, 1.82) is 0 Å². The number of aromatic nitrogens is 3. The van der Waals surface area contributed by atoms with Crippen LogP contribution in [-0.4, -0.2) is 38.3 Å². The van der Waals surface area contributed by atoms with Crippen molar-refractivity contribution in [1.82, 2.24) is 20.1 Å². The molecule has 1 aromatic heterocycles. The van der Waals surface area contributed by atoms with E-state index in [4.69, 9.17) is 5.11 Å². The average molecular weight is 378 g/mol. The number of carboxylic acids is 1. The minimum absolute atomic E-state index is 0.105. The average Bonchev–Trinajstić information content (AvgIpc) is 3.17. The highest BCUT2D eigenvalue weighted by Crippen LogP contribution is 2.20. The topological polar surface area (TPSA) is 97.1 Å². The van der Waals surface area contributed by atoms with E-state index in [1.54, 1.807) is 4.68 Å². The van der Waals surface area contributed by atoms with Gasteiger partial charge < -0.3 is 10.4 Å². The fourth-order valence-corrected chi connectivity index (χ4v) is 2.79. The van der Waals surface area contributed by atoms with Crippen LogP contribution in [-0.2, 0) is 4.79 Å². The number of amides is 1. The number of benzene rings is 2. The monoisotopic (exact) mass is 378 g/mol. The molecule has 1 amide bonds. The number of hydrogen-bond donors (Lipinski definition) is 2. The van der Waals surface area contributed by atoms with Gasteiger partial charge in [-0.15, -0.1) is 5.10 Å². The van der Waals surface area contributed by atoms with Gasteiger partial charge in [0.25, 0.3) is 5.91 Å². The van der Waals surface area contributed by atoms with E-state index in [-0.39, 0.29) is 18.2 Å². The van der Waals surface area contributed by atoms with Gasteiger partial charge in [0.1, 0.15) is 0 Å². The van der Waals surface area contributed by atoms with Crippen LogP contribution in [0, 0.1) is 0 Å². The second kappa shape index (κ2) is 9.45.